The summed E-state index contributed by atoms with van der Waals surface area (Å²) in [6.45, 7) is 3.35. The maximum Gasteiger partial charge on any atom is 0.416 e. The Bertz CT molecular complexity index is 914. The Morgan fingerprint density at radius 2 is 1.66 bits per heavy atom. The maximum atomic E-state index is 12.8. The molecule has 0 aromatic heterocycles. The van der Waals surface area contributed by atoms with Crippen LogP contribution in [0, 0.1) is 0 Å². The number of amides is 1. The third-order valence-electron chi connectivity index (χ3n) is 5.25. The van der Waals surface area contributed by atoms with Crippen molar-refractivity contribution in [1.29, 1.82) is 0 Å². The molecule has 152 valence electrons. The fourth-order valence-corrected chi connectivity index (χ4v) is 3.61. The van der Waals surface area contributed by atoms with Gasteiger partial charge in [-0.2, -0.15) is 13.2 Å². The fraction of sp³-hybridized carbons (Fsp3) is 0.318. The molecule has 0 bridgehead atoms. The first-order chi connectivity index (χ1) is 13.9. The van der Waals surface area contributed by atoms with E-state index in [1.807, 2.05) is 35.2 Å². The molecule has 7 heteroatoms. The normalized spacial score (nSPS) is 17.3. The molecule has 0 unspecified atom stereocenters. The number of hydrogen-bond acceptors (Lipinski definition) is 3. The first kappa shape index (κ1) is 19.5. The van der Waals surface area contributed by atoms with E-state index in [-0.39, 0.29) is 12.5 Å². The van der Waals surface area contributed by atoms with Gasteiger partial charge in [0, 0.05) is 38.3 Å². The molecular formula is C22H21F3N2O2. The van der Waals surface area contributed by atoms with E-state index in [0.717, 1.165) is 29.0 Å². The molecule has 2 aliphatic rings. The number of fused-ring (bicyclic) bond motifs is 1. The second-order valence-electron chi connectivity index (χ2n) is 7.26. The minimum Gasteiger partial charge on any atom is -0.488 e. The Morgan fingerprint density at radius 1 is 0.966 bits per heavy atom. The number of hydrogen-bond donors (Lipinski definition) is 0. The van der Waals surface area contributed by atoms with Gasteiger partial charge in [0.15, 0.2) is 0 Å². The molecule has 4 nitrogen and oxygen atoms in total. The number of benzene rings is 2. The molecule has 0 radical (unpaired) electrons. The summed E-state index contributed by atoms with van der Waals surface area (Å²) >= 11 is 0. The number of carbonyl (C=O) groups is 1. The van der Waals surface area contributed by atoms with Crippen LogP contribution in [0.15, 0.2) is 54.1 Å². The number of halogens is 3. The van der Waals surface area contributed by atoms with Crippen LogP contribution in [-0.2, 0) is 17.5 Å². The zero-order valence-corrected chi connectivity index (χ0v) is 15.8. The molecule has 0 aliphatic carbocycles. The maximum absolute atomic E-state index is 12.8. The number of ether oxygens (including phenoxy) is 1. The van der Waals surface area contributed by atoms with Crippen LogP contribution in [0.2, 0.25) is 0 Å². The highest BCUT2D eigenvalue weighted by atomic mass is 19.4. The second kappa shape index (κ2) is 7.91. The summed E-state index contributed by atoms with van der Waals surface area (Å²) in [5.41, 5.74) is 1.74. The number of alkyl halides is 3. The number of nitrogens with zero attached hydrogens (tertiary/aromatic N) is 2. The zero-order chi connectivity index (χ0) is 20.4. The van der Waals surface area contributed by atoms with E-state index in [4.69, 9.17) is 4.74 Å². The van der Waals surface area contributed by atoms with E-state index in [1.165, 1.54) is 12.1 Å². The van der Waals surface area contributed by atoms with E-state index in [9.17, 15) is 18.0 Å². The highest BCUT2D eigenvalue weighted by Crippen LogP contribution is 2.29. The van der Waals surface area contributed by atoms with Gasteiger partial charge in [-0.05, 0) is 29.8 Å². The van der Waals surface area contributed by atoms with Gasteiger partial charge < -0.3 is 9.64 Å². The molecule has 1 fully saturated rings. The molecule has 1 amide bonds. The van der Waals surface area contributed by atoms with Crippen LogP contribution in [0.3, 0.4) is 0 Å². The van der Waals surface area contributed by atoms with Crippen molar-refractivity contribution < 1.29 is 22.7 Å². The SMILES string of the molecule is O=C(C1=Cc2ccccc2OC1)N1CCN(Cc2ccc(C(F)(F)F)cc2)CC1. The lowest BCUT2D eigenvalue weighted by atomic mass is 10.1. The summed E-state index contributed by atoms with van der Waals surface area (Å²) in [5, 5.41) is 0. The minimum absolute atomic E-state index is 0.0197. The largest absolute Gasteiger partial charge is 0.488 e. The highest BCUT2D eigenvalue weighted by Gasteiger charge is 2.30. The number of para-hydroxylation sites is 1. The van der Waals surface area contributed by atoms with Crippen LogP contribution < -0.4 is 4.74 Å². The predicted molar refractivity (Wildman–Crippen MR) is 103 cm³/mol. The van der Waals surface area contributed by atoms with E-state index >= 15 is 0 Å². The fourth-order valence-electron chi connectivity index (χ4n) is 3.61. The molecule has 0 saturated carbocycles. The van der Waals surface area contributed by atoms with Crippen molar-refractivity contribution in [3.63, 3.8) is 0 Å². The summed E-state index contributed by atoms with van der Waals surface area (Å²) in [7, 11) is 0. The first-order valence-electron chi connectivity index (χ1n) is 9.50. The average molecular weight is 402 g/mol. The molecule has 0 N–H and O–H groups in total. The van der Waals surface area contributed by atoms with Gasteiger partial charge in [-0.25, -0.2) is 0 Å². The van der Waals surface area contributed by atoms with Crippen molar-refractivity contribution in [3.8, 4) is 5.75 Å². The molecular weight excluding hydrogens is 381 g/mol. The van der Waals surface area contributed by atoms with Gasteiger partial charge in [0.25, 0.3) is 5.91 Å². The lowest BCUT2D eigenvalue weighted by Crippen LogP contribution is -2.49. The standard InChI is InChI=1S/C22H21F3N2O2/c23-22(24,25)19-7-5-16(6-8-19)14-26-9-11-27(12-10-26)21(28)18-13-17-3-1-2-4-20(17)29-15-18/h1-8,13H,9-12,14-15H2. The van der Waals surface area contributed by atoms with Crippen LogP contribution in [0.4, 0.5) is 13.2 Å². The molecule has 0 atom stereocenters. The molecule has 2 aromatic rings. The van der Waals surface area contributed by atoms with Crippen LogP contribution in [0.1, 0.15) is 16.7 Å². The molecule has 2 heterocycles. The van der Waals surface area contributed by atoms with Crippen molar-refractivity contribution in [1.82, 2.24) is 9.80 Å². The monoisotopic (exact) mass is 402 g/mol. The average Bonchev–Trinajstić information content (AvgIpc) is 2.73. The number of rotatable bonds is 3. The molecule has 2 aliphatic heterocycles. The predicted octanol–water partition coefficient (Wildman–Crippen LogP) is 3.83. The van der Waals surface area contributed by atoms with Gasteiger partial charge in [-0.3, -0.25) is 9.69 Å². The third kappa shape index (κ3) is 4.45. The summed E-state index contributed by atoms with van der Waals surface area (Å²) in [5.74, 6) is 0.763. The Kier molecular flexibility index (Phi) is 5.32. The number of piperazine rings is 1. The Morgan fingerprint density at radius 3 is 2.34 bits per heavy atom. The lowest BCUT2D eigenvalue weighted by Gasteiger charge is -2.35. The van der Waals surface area contributed by atoms with Crippen molar-refractivity contribution in [2.45, 2.75) is 12.7 Å². The van der Waals surface area contributed by atoms with Crippen molar-refractivity contribution in [2.24, 2.45) is 0 Å². The van der Waals surface area contributed by atoms with E-state index in [2.05, 4.69) is 4.90 Å². The first-order valence-corrected chi connectivity index (χ1v) is 9.50. The lowest BCUT2D eigenvalue weighted by molar-refractivity contribution is -0.137. The summed E-state index contributed by atoms with van der Waals surface area (Å²) in [6, 6.07) is 12.9. The molecule has 0 spiro atoms. The van der Waals surface area contributed by atoms with Crippen LogP contribution >= 0.6 is 0 Å². The molecule has 4 rings (SSSR count). The van der Waals surface area contributed by atoms with Gasteiger partial charge in [0.2, 0.25) is 0 Å². The Balaban J connectivity index is 1.33. The Labute approximate surface area is 167 Å². The molecule has 1 saturated heterocycles. The second-order valence-corrected chi connectivity index (χ2v) is 7.26. The van der Waals surface area contributed by atoms with Gasteiger partial charge in [0.1, 0.15) is 12.4 Å². The van der Waals surface area contributed by atoms with Gasteiger partial charge in [0.05, 0.1) is 11.1 Å². The molecule has 2 aromatic carbocycles. The number of carbonyl (C=O) groups excluding carboxylic acids is 1. The van der Waals surface area contributed by atoms with E-state index in [0.29, 0.717) is 38.3 Å². The summed E-state index contributed by atoms with van der Waals surface area (Å²) in [6.07, 6.45) is -2.43. The third-order valence-corrected chi connectivity index (χ3v) is 5.25. The highest BCUT2D eigenvalue weighted by molar-refractivity contribution is 5.99. The quantitative estimate of drug-likeness (QED) is 0.783. The summed E-state index contributed by atoms with van der Waals surface area (Å²) in [4.78, 5) is 16.8. The van der Waals surface area contributed by atoms with Crippen LogP contribution in [0.5, 0.6) is 5.75 Å². The smallest absolute Gasteiger partial charge is 0.416 e. The molecule has 29 heavy (non-hydrogen) atoms. The van der Waals surface area contributed by atoms with Crippen molar-refractivity contribution in [3.05, 3.63) is 70.8 Å². The minimum atomic E-state index is -4.32. The van der Waals surface area contributed by atoms with E-state index in [1.54, 1.807) is 0 Å². The topological polar surface area (TPSA) is 32.8 Å². The van der Waals surface area contributed by atoms with Crippen molar-refractivity contribution >= 4 is 12.0 Å². The van der Waals surface area contributed by atoms with Gasteiger partial charge >= 0.3 is 6.18 Å². The summed E-state index contributed by atoms with van der Waals surface area (Å²) < 4.78 is 43.7. The van der Waals surface area contributed by atoms with Crippen LogP contribution in [0.25, 0.3) is 6.08 Å². The Hall–Kier alpha value is -2.80. The van der Waals surface area contributed by atoms with Gasteiger partial charge in [-0.1, -0.05) is 30.3 Å². The zero-order valence-electron chi connectivity index (χ0n) is 15.8. The van der Waals surface area contributed by atoms with Gasteiger partial charge in [-0.15, -0.1) is 0 Å². The van der Waals surface area contributed by atoms with Crippen molar-refractivity contribution in [2.75, 3.05) is 32.8 Å². The van der Waals surface area contributed by atoms with E-state index < -0.39 is 11.7 Å². The van der Waals surface area contributed by atoms with Crippen LogP contribution in [-0.4, -0.2) is 48.5 Å².